The first-order chi connectivity index (χ1) is 10.9. The number of amides is 1. The average molecular weight is 351 g/mol. The molecule has 0 spiro atoms. The molecule has 120 valence electrons. The van der Waals surface area contributed by atoms with Crippen LogP contribution in [0.15, 0.2) is 66.1 Å². The summed E-state index contributed by atoms with van der Waals surface area (Å²) in [5.41, 5.74) is 0.434. The van der Waals surface area contributed by atoms with Crippen molar-refractivity contribution in [2.75, 3.05) is 11.3 Å². The fraction of sp³-hybridized carbons (Fsp3) is 0.0625. The van der Waals surface area contributed by atoms with Crippen LogP contribution in [0.1, 0.15) is 10.4 Å². The van der Waals surface area contributed by atoms with Crippen molar-refractivity contribution in [1.82, 2.24) is 5.32 Å². The van der Waals surface area contributed by atoms with Gasteiger partial charge in [0.1, 0.15) is 0 Å². The Hall–Kier alpha value is -2.31. The van der Waals surface area contributed by atoms with Gasteiger partial charge in [-0.05, 0) is 30.3 Å². The van der Waals surface area contributed by atoms with Crippen LogP contribution in [0.25, 0.3) is 0 Å². The Kier molecular flexibility index (Phi) is 5.41. The van der Waals surface area contributed by atoms with Gasteiger partial charge in [0, 0.05) is 12.2 Å². The first-order valence-electron chi connectivity index (χ1n) is 6.70. The van der Waals surface area contributed by atoms with Gasteiger partial charge in [0.05, 0.1) is 15.5 Å². The highest BCUT2D eigenvalue weighted by Crippen LogP contribution is 2.23. The van der Waals surface area contributed by atoms with Crippen molar-refractivity contribution < 1.29 is 13.2 Å². The zero-order chi connectivity index (χ0) is 16.9. The van der Waals surface area contributed by atoms with E-state index in [2.05, 4.69) is 16.6 Å². The van der Waals surface area contributed by atoms with E-state index in [0.29, 0.717) is 0 Å². The lowest BCUT2D eigenvalue weighted by atomic mass is 10.2. The monoisotopic (exact) mass is 350 g/mol. The van der Waals surface area contributed by atoms with Crippen molar-refractivity contribution >= 4 is 33.2 Å². The smallest absolute Gasteiger partial charge is 0.261 e. The normalized spacial score (nSPS) is 10.8. The Bertz CT molecular complexity index is 820. The van der Waals surface area contributed by atoms with Gasteiger partial charge in [0.25, 0.3) is 15.9 Å². The summed E-state index contributed by atoms with van der Waals surface area (Å²) in [5.74, 6) is -0.407. The highest BCUT2D eigenvalue weighted by atomic mass is 35.5. The van der Waals surface area contributed by atoms with Gasteiger partial charge >= 0.3 is 0 Å². The maximum absolute atomic E-state index is 12.3. The Morgan fingerprint density at radius 1 is 1.17 bits per heavy atom. The number of hydrogen-bond acceptors (Lipinski definition) is 3. The lowest BCUT2D eigenvalue weighted by Gasteiger charge is -2.11. The predicted molar refractivity (Wildman–Crippen MR) is 91.2 cm³/mol. The van der Waals surface area contributed by atoms with Crippen molar-refractivity contribution in [3.8, 4) is 0 Å². The lowest BCUT2D eigenvalue weighted by molar-refractivity contribution is 0.0958. The van der Waals surface area contributed by atoms with E-state index in [0.717, 1.165) is 0 Å². The second-order valence-electron chi connectivity index (χ2n) is 4.61. The van der Waals surface area contributed by atoms with Crippen LogP contribution in [-0.4, -0.2) is 20.9 Å². The number of hydrogen-bond donors (Lipinski definition) is 2. The Labute approximate surface area is 140 Å². The molecule has 0 aliphatic carbocycles. The summed E-state index contributed by atoms with van der Waals surface area (Å²) >= 11 is 5.99. The number of benzene rings is 2. The van der Waals surface area contributed by atoms with E-state index in [4.69, 9.17) is 11.6 Å². The third-order valence-corrected chi connectivity index (χ3v) is 4.65. The Balaban J connectivity index is 2.28. The maximum atomic E-state index is 12.3. The Morgan fingerprint density at radius 3 is 2.52 bits per heavy atom. The highest BCUT2D eigenvalue weighted by Gasteiger charge is 2.16. The van der Waals surface area contributed by atoms with Gasteiger partial charge in [-0.15, -0.1) is 6.58 Å². The van der Waals surface area contributed by atoms with Crippen LogP contribution in [0.5, 0.6) is 0 Å². The first kappa shape index (κ1) is 17.1. The molecule has 0 unspecified atom stereocenters. The lowest BCUT2D eigenvalue weighted by Crippen LogP contribution is -2.23. The van der Waals surface area contributed by atoms with Gasteiger partial charge in [-0.25, -0.2) is 8.42 Å². The summed E-state index contributed by atoms with van der Waals surface area (Å²) in [6.45, 7) is 3.80. The van der Waals surface area contributed by atoms with Gasteiger partial charge in [0.15, 0.2) is 0 Å². The van der Waals surface area contributed by atoms with Crippen LogP contribution in [0.2, 0.25) is 5.02 Å². The van der Waals surface area contributed by atoms with E-state index in [1.807, 2.05) is 0 Å². The van der Waals surface area contributed by atoms with E-state index in [-0.39, 0.29) is 27.7 Å². The third kappa shape index (κ3) is 4.34. The molecule has 0 aliphatic heterocycles. The summed E-state index contributed by atoms with van der Waals surface area (Å²) in [5, 5.41) is 2.82. The average Bonchev–Trinajstić information content (AvgIpc) is 2.55. The van der Waals surface area contributed by atoms with Gasteiger partial charge < -0.3 is 5.32 Å². The SMILES string of the molecule is C=CCNC(=O)c1cc(NS(=O)(=O)c2ccccc2)ccc1Cl. The standard InChI is InChI=1S/C16H15ClN2O3S/c1-2-10-18-16(20)14-11-12(8-9-15(14)17)19-23(21,22)13-6-4-3-5-7-13/h2-9,11,19H,1,10H2,(H,18,20). The molecule has 0 saturated carbocycles. The fourth-order valence-corrected chi connectivity index (χ4v) is 3.11. The molecule has 2 rings (SSSR count). The molecule has 23 heavy (non-hydrogen) atoms. The zero-order valence-corrected chi connectivity index (χ0v) is 13.7. The van der Waals surface area contributed by atoms with Crippen molar-refractivity contribution in [3.63, 3.8) is 0 Å². The van der Waals surface area contributed by atoms with Crippen LogP contribution in [0, 0.1) is 0 Å². The summed E-state index contributed by atoms with van der Waals surface area (Å²) in [4.78, 5) is 12.1. The number of sulfonamides is 1. The molecule has 2 N–H and O–H groups in total. The molecule has 5 nitrogen and oxygen atoms in total. The third-order valence-electron chi connectivity index (χ3n) is 2.92. The Morgan fingerprint density at radius 2 is 1.87 bits per heavy atom. The molecule has 2 aromatic rings. The topological polar surface area (TPSA) is 75.3 Å². The van der Waals surface area contributed by atoms with Crippen LogP contribution in [0.4, 0.5) is 5.69 Å². The quantitative estimate of drug-likeness (QED) is 0.786. The maximum Gasteiger partial charge on any atom is 0.261 e. The van der Waals surface area contributed by atoms with E-state index < -0.39 is 15.9 Å². The number of rotatable bonds is 6. The van der Waals surface area contributed by atoms with Gasteiger partial charge in [-0.3, -0.25) is 9.52 Å². The number of halogens is 1. The summed E-state index contributed by atoms with van der Waals surface area (Å²) in [6, 6.07) is 12.3. The summed E-state index contributed by atoms with van der Waals surface area (Å²) < 4.78 is 27.0. The minimum Gasteiger partial charge on any atom is -0.349 e. The van der Waals surface area contributed by atoms with E-state index >= 15 is 0 Å². The molecule has 0 atom stereocenters. The molecule has 0 radical (unpaired) electrons. The van der Waals surface area contributed by atoms with Gasteiger partial charge in [0.2, 0.25) is 0 Å². The number of carbonyl (C=O) groups excluding carboxylic acids is 1. The van der Waals surface area contributed by atoms with Crippen LogP contribution >= 0.6 is 11.6 Å². The molecule has 2 aromatic carbocycles. The van der Waals surface area contributed by atoms with Crippen molar-refractivity contribution in [1.29, 1.82) is 0 Å². The van der Waals surface area contributed by atoms with E-state index in [1.165, 1.54) is 36.4 Å². The highest BCUT2D eigenvalue weighted by molar-refractivity contribution is 7.92. The minimum atomic E-state index is -3.73. The molecule has 0 heterocycles. The van der Waals surface area contributed by atoms with Crippen molar-refractivity contribution in [3.05, 3.63) is 71.8 Å². The molecule has 0 fully saturated rings. The zero-order valence-electron chi connectivity index (χ0n) is 12.1. The molecular weight excluding hydrogens is 336 g/mol. The number of nitrogens with one attached hydrogen (secondary N) is 2. The molecule has 0 bridgehead atoms. The van der Waals surface area contributed by atoms with Crippen LogP contribution in [-0.2, 0) is 10.0 Å². The minimum absolute atomic E-state index is 0.132. The van der Waals surface area contributed by atoms with Crippen molar-refractivity contribution in [2.24, 2.45) is 0 Å². The van der Waals surface area contributed by atoms with Gasteiger partial charge in [-0.1, -0.05) is 35.9 Å². The largest absolute Gasteiger partial charge is 0.349 e. The van der Waals surface area contributed by atoms with E-state index in [1.54, 1.807) is 18.2 Å². The second kappa shape index (κ2) is 7.30. The van der Waals surface area contributed by atoms with Gasteiger partial charge in [-0.2, -0.15) is 0 Å². The molecule has 1 amide bonds. The van der Waals surface area contributed by atoms with Crippen molar-refractivity contribution in [2.45, 2.75) is 4.90 Å². The molecule has 0 aromatic heterocycles. The number of carbonyl (C=O) groups is 1. The molecular formula is C16H15ClN2O3S. The first-order valence-corrected chi connectivity index (χ1v) is 8.56. The van der Waals surface area contributed by atoms with Crippen LogP contribution in [0.3, 0.4) is 0 Å². The van der Waals surface area contributed by atoms with E-state index in [9.17, 15) is 13.2 Å². The number of anilines is 1. The fourth-order valence-electron chi connectivity index (χ4n) is 1.84. The summed E-state index contributed by atoms with van der Waals surface area (Å²) in [6.07, 6.45) is 1.54. The predicted octanol–water partition coefficient (Wildman–Crippen LogP) is 3.06. The molecule has 0 saturated heterocycles. The molecule has 7 heteroatoms. The molecule has 0 aliphatic rings. The summed E-state index contributed by atoms with van der Waals surface area (Å²) in [7, 11) is -3.73. The second-order valence-corrected chi connectivity index (χ2v) is 6.70. The van der Waals surface area contributed by atoms with Crippen LogP contribution < -0.4 is 10.0 Å².